The minimum absolute atomic E-state index is 0.109. The highest BCUT2D eigenvalue weighted by Crippen LogP contribution is 2.45. The minimum atomic E-state index is -4.97. The Balaban J connectivity index is 5.20. The van der Waals surface area contributed by atoms with Crippen molar-refractivity contribution in [3.8, 4) is 0 Å². The van der Waals surface area contributed by atoms with Gasteiger partial charge in [-0.3, -0.25) is 37.3 Å². The maximum atomic E-state index is 13.2. The molecule has 0 aromatic heterocycles. The van der Waals surface area contributed by atoms with E-state index in [1.165, 1.54) is 289 Å². The number of esters is 4. The van der Waals surface area contributed by atoms with Gasteiger partial charge < -0.3 is 33.8 Å². The van der Waals surface area contributed by atoms with E-state index in [1.807, 2.05) is 0 Å². The maximum Gasteiger partial charge on any atom is 0.472 e. The molecule has 0 saturated carbocycles. The van der Waals surface area contributed by atoms with E-state index in [1.54, 1.807) is 0 Å². The normalized spacial score (nSPS) is 13.8. The van der Waals surface area contributed by atoms with Crippen molar-refractivity contribution in [2.75, 3.05) is 39.6 Å². The van der Waals surface area contributed by atoms with Crippen LogP contribution in [0.4, 0.5) is 0 Å². The third-order valence-electron chi connectivity index (χ3n) is 20.7. The molecule has 0 aliphatic heterocycles. The number of rotatable bonds is 87. The van der Waals surface area contributed by atoms with Crippen molar-refractivity contribution in [1.29, 1.82) is 0 Å². The van der Waals surface area contributed by atoms with Crippen LogP contribution in [0.1, 0.15) is 472 Å². The number of carbonyl (C=O) groups excluding carboxylic acids is 4. The van der Waals surface area contributed by atoms with Crippen LogP contribution >= 0.6 is 15.6 Å². The van der Waals surface area contributed by atoms with E-state index < -0.39 is 97.5 Å². The van der Waals surface area contributed by atoms with Gasteiger partial charge >= 0.3 is 39.5 Å². The summed E-state index contributed by atoms with van der Waals surface area (Å²) < 4.78 is 68.9. The van der Waals surface area contributed by atoms with E-state index in [2.05, 4.69) is 41.5 Å². The molecule has 17 nitrogen and oxygen atoms in total. The van der Waals surface area contributed by atoms with Gasteiger partial charge in [0.25, 0.3) is 0 Å². The van der Waals surface area contributed by atoms with E-state index in [-0.39, 0.29) is 25.7 Å². The molecule has 0 radical (unpaired) electrons. The zero-order valence-corrected chi connectivity index (χ0v) is 72.2. The molecule has 0 bridgehead atoms. The fourth-order valence-electron chi connectivity index (χ4n) is 13.8. The highest BCUT2D eigenvalue weighted by Gasteiger charge is 2.30. The molecule has 2 unspecified atom stereocenters. The van der Waals surface area contributed by atoms with Gasteiger partial charge in [0.1, 0.15) is 19.3 Å². The molecule has 0 fully saturated rings. The summed E-state index contributed by atoms with van der Waals surface area (Å²) in [5, 5.41) is 10.7. The summed E-state index contributed by atoms with van der Waals surface area (Å²) in [6.07, 6.45) is 72.3. The highest BCUT2D eigenvalue weighted by molar-refractivity contribution is 7.47. The fraction of sp³-hybridized carbons (Fsp3) is 0.955. The van der Waals surface area contributed by atoms with Gasteiger partial charge in [-0.25, -0.2) is 9.13 Å². The van der Waals surface area contributed by atoms with Crippen molar-refractivity contribution in [2.24, 2.45) is 11.8 Å². The summed E-state index contributed by atoms with van der Waals surface area (Å²) in [6, 6.07) is 0. The van der Waals surface area contributed by atoms with Crippen LogP contribution in [0.25, 0.3) is 0 Å². The maximum absolute atomic E-state index is 13.2. The minimum Gasteiger partial charge on any atom is -0.462 e. The van der Waals surface area contributed by atoms with Crippen LogP contribution in [0.3, 0.4) is 0 Å². The summed E-state index contributed by atoms with van der Waals surface area (Å²) in [6.45, 7) is 9.74. The van der Waals surface area contributed by atoms with Crippen molar-refractivity contribution in [3.63, 3.8) is 0 Å². The Hall–Kier alpha value is -1.94. The predicted molar refractivity (Wildman–Crippen MR) is 442 cm³/mol. The number of unbranched alkanes of at least 4 members (excludes halogenated alkanes) is 57. The summed E-state index contributed by atoms with van der Waals surface area (Å²) in [5.41, 5.74) is 0. The smallest absolute Gasteiger partial charge is 0.462 e. The number of carbonyl (C=O) groups is 4. The van der Waals surface area contributed by atoms with Crippen molar-refractivity contribution in [1.82, 2.24) is 0 Å². The van der Waals surface area contributed by atoms with E-state index in [9.17, 15) is 43.2 Å². The average molecular weight is 1560 g/mol. The molecule has 636 valence electrons. The lowest BCUT2D eigenvalue weighted by molar-refractivity contribution is -0.161. The molecule has 0 aromatic carbocycles. The number of ether oxygens (including phenoxy) is 4. The molecular weight excluding hydrogens is 1390 g/mol. The van der Waals surface area contributed by atoms with Gasteiger partial charge in [-0.05, 0) is 37.5 Å². The number of hydrogen-bond donors (Lipinski definition) is 3. The number of phosphoric acid groups is 2. The molecule has 0 aliphatic carbocycles. The molecular formula is C88H172O17P2. The summed E-state index contributed by atoms with van der Waals surface area (Å²) in [4.78, 5) is 73.2. The van der Waals surface area contributed by atoms with Crippen molar-refractivity contribution >= 4 is 39.5 Å². The van der Waals surface area contributed by atoms with Crippen LogP contribution in [-0.4, -0.2) is 96.7 Å². The Kier molecular flexibility index (Phi) is 77.9. The Morgan fingerprint density at radius 2 is 0.430 bits per heavy atom. The third kappa shape index (κ3) is 81.9. The SMILES string of the molecule is CCCCCCCCCCCCCCCCCCCCC(=O)O[C@H](COC(=O)CCCCCCCCCCC)COP(=O)(O)OC[C@H](O)COP(=O)(O)OC[C@@H](COC(=O)CCCCCCCCCCCCCCCCCCC(C)C)OC(=O)CCCCCCCCCCCCCCCCCCCCC(C)C. The topological polar surface area (TPSA) is 237 Å². The zero-order chi connectivity index (χ0) is 78.5. The number of phosphoric ester groups is 2. The molecule has 0 heterocycles. The first kappa shape index (κ1) is 105. The quantitative estimate of drug-likeness (QED) is 0.0222. The molecule has 3 N–H and O–H groups in total. The molecule has 107 heavy (non-hydrogen) atoms. The second-order valence-electron chi connectivity index (χ2n) is 32.6. The Bertz CT molecular complexity index is 2050. The second kappa shape index (κ2) is 79.3. The third-order valence-corrected chi connectivity index (χ3v) is 22.6. The van der Waals surface area contributed by atoms with Crippen LogP contribution in [-0.2, 0) is 65.4 Å². The Morgan fingerprint density at radius 3 is 0.636 bits per heavy atom. The van der Waals surface area contributed by atoms with Crippen LogP contribution in [0.5, 0.6) is 0 Å². The van der Waals surface area contributed by atoms with Crippen LogP contribution in [0.2, 0.25) is 0 Å². The predicted octanol–water partition coefficient (Wildman–Crippen LogP) is 27.0. The van der Waals surface area contributed by atoms with Gasteiger partial charge in [-0.15, -0.1) is 0 Å². The molecule has 0 aromatic rings. The largest absolute Gasteiger partial charge is 0.472 e. The second-order valence-corrected chi connectivity index (χ2v) is 35.5. The first-order chi connectivity index (χ1) is 51.9. The standard InChI is InChI=1S/C88H172O17P2/c1-7-9-11-13-15-17-18-19-20-21-25-32-37-42-48-54-60-66-72-87(92)104-83(76-98-85(90)70-64-58-52-44-16-14-12-10-8-2)78-102-106(94,95)100-74-82(89)75-101-107(96,97)103-79-84(77-99-86(91)71-65-59-53-47-41-36-31-28-27-30-35-40-46-51-57-63-69-81(5)6)105-88(93)73-67-61-55-49-43-38-33-26-23-22-24-29-34-39-45-50-56-62-68-80(3)4/h80-84,89H,7-79H2,1-6H3,(H,94,95)(H,96,97)/t82-,83+,84+/m0/s1. The van der Waals surface area contributed by atoms with Crippen LogP contribution < -0.4 is 0 Å². The van der Waals surface area contributed by atoms with E-state index in [4.69, 9.17) is 37.0 Å². The summed E-state index contributed by atoms with van der Waals surface area (Å²) in [5.74, 6) is -0.467. The van der Waals surface area contributed by atoms with Crippen LogP contribution in [0, 0.1) is 11.8 Å². The van der Waals surface area contributed by atoms with E-state index in [0.29, 0.717) is 25.7 Å². The van der Waals surface area contributed by atoms with Gasteiger partial charge in [0.05, 0.1) is 26.4 Å². The Labute approximate surface area is 658 Å². The summed E-state index contributed by atoms with van der Waals surface area (Å²) in [7, 11) is -9.93. The van der Waals surface area contributed by atoms with Crippen LogP contribution in [0.15, 0.2) is 0 Å². The first-order valence-corrected chi connectivity index (χ1v) is 48.5. The number of aliphatic hydroxyl groups is 1. The van der Waals surface area contributed by atoms with Gasteiger partial charge in [0.2, 0.25) is 0 Å². The number of aliphatic hydroxyl groups excluding tert-OH is 1. The lowest BCUT2D eigenvalue weighted by Crippen LogP contribution is -2.30. The van der Waals surface area contributed by atoms with Crippen molar-refractivity contribution in [2.45, 2.75) is 490 Å². The van der Waals surface area contributed by atoms with Gasteiger partial charge in [-0.1, -0.05) is 420 Å². The molecule has 5 atom stereocenters. The van der Waals surface area contributed by atoms with Gasteiger partial charge in [0.15, 0.2) is 12.2 Å². The lowest BCUT2D eigenvalue weighted by Gasteiger charge is -2.21. The molecule has 19 heteroatoms. The van der Waals surface area contributed by atoms with Gasteiger partial charge in [-0.2, -0.15) is 0 Å². The van der Waals surface area contributed by atoms with Crippen molar-refractivity contribution in [3.05, 3.63) is 0 Å². The Morgan fingerprint density at radius 1 is 0.252 bits per heavy atom. The molecule has 0 rings (SSSR count). The van der Waals surface area contributed by atoms with E-state index >= 15 is 0 Å². The van der Waals surface area contributed by atoms with Crippen molar-refractivity contribution < 1.29 is 80.2 Å². The molecule has 0 amide bonds. The average Bonchev–Trinajstić information content (AvgIpc) is 0.903. The molecule has 0 aliphatic rings. The number of hydrogen-bond acceptors (Lipinski definition) is 15. The first-order valence-electron chi connectivity index (χ1n) is 45.5. The highest BCUT2D eigenvalue weighted by atomic mass is 31.2. The van der Waals surface area contributed by atoms with E-state index in [0.717, 1.165) is 102 Å². The van der Waals surface area contributed by atoms with Gasteiger partial charge in [0, 0.05) is 25.7 Å². The lowest BCUT2D eigenvalue weighted by atomic mass is 10.0. The zero-order valence-electron chi connectivity index (χ0n) is 70.5. The monoisotopic (exact) mass is 1560 g/mol. The molecule has 0 saturated heterocycles. The molecule has 0 spiro atoms. The fourth-order valence-corrected chi connectivity index (χ4v) is 15.4. The summed E-state index contributed by atoms with van der Waals surface area (Å²) >= 11 is 0.